The molecule has 162 valence electrons. The van der Waals surface area contributed by atoms with Gasteiger partial charge in [0.05, 0.1) is 4.90 Å². The molecule has 1 atom stereocenters. The molecule has 0 spiro atoms. The summed E-state index contributed by atoms with van der Waals surface area (Å²) in [7, 11) is -1.55. The first kappa shape index (κ1) is 22.3. The summed E-state index contributed by atoms with van der Waals surface area (Å²) in [5.41, 5.74) is 1.72. The fourth-order valence-electron chi connectivity index (χ4n) is 3.19. The predicted molar refractivity (Wildman–Crippen MR) is 117 cm³/mol. The summed E-state index contributed by atoms with van der Waals surface area (Å²) in [6.07, 6.45) is 0.253. The van der Waals surface area contributed by atoms with Gasteiger partial charge in [-0.25, -0.2) is 8.42 Å². The highest BCUT2D eigenvalue weighted by Gasteiger charge is 2.27. The fourth-order valence-corrected chi connectivity index (χ4v) is 4.62. The van der Waals surface area contributed by atoms with E-state index in [2.05, 4.69) is 17.1 Å². The van der Waals surface area contributed by atoms with Gasteiger partial charge >= 0.3 is 0 Å². The van der Waals surface area contributed by atoms with Crippen LogP contribution in [0.3, 0.4) is 0 Å². The Kier molecular flexibility index (Phi) is 7.12. The van der Waals surface area contributed by atoms with Crippen molar-refractivity contribution < 1.29 is 17.9 Å². The van der Waals surface area contributed by atoms with Crippen molar-refractivity contribution in [1.29, 1.82) is 0 Å². The average Bonchev–Trinajstić information content (AvgIpc) is 2.75. The molecule has 1 unspecified atom stereocenters. The maximum atomic E-state index is 12.8. The van der Waals surface area contributed by atoms with E-state index < -0.39 is 16.1 Å². The van der Waals surface area contributed by atoms with Crippen LogP contribution in [0.1, 0.15) is 19.4 Å². The van der Waals surface area contributed by atoms with Gasteiger partial charge in [0, 0.05) is 31.9 Å². The topological polar surface area (TPSA) is 78.9 Å². The van der Waals surface area contributed by atoms with Crippen LogP contribution in [0.5, 0.6) is 5.75 Å². The van der Waals surface area contributed by atoms with Crippen LogP contribution >= 0.6 is 0 Å². The Morgan fingerprint density at radius 2 is 1.63 bits per heavy atom. The third kappa shape index (κ3) is 5.38. The molecular formula is C22H29N3O4S. The molecule has 7 nitrogen and oxygen atoms in total. The molecule has 1 saturated heterocycles. The first-order valence-corrected chi connectivity index (χ1v) is 11.6. The Bertz CT molecular complexity index is 951. The number of hydrogen-bond acceptors (Lipinski definition) is 5. The molecule has 0 aromatic heterocycles. The predicted octanol–water partition coefficient (Wildman–Crippen LogP) is 2.59. The molecule has 2 aromatic rings. The summed E-state index contributed by atoms with van der Waals surface area (Å²) < 4.78 is 32.8. The lowest BCUT2D eigenvalue weighted by Crippen LogP contribution is -2.46. The van der Waals surface area contributed by atoms with Crippen molar-refractivity contribution in [3.63, 3.8) is 0 Å². The van der Waals surface area contributed by atoms with Gasteiger partial charge in [-0.3, -0.25) is 4.79 Å². The quantitative estimate of drug-likeness (QED) is 0.729. The van der Waals surface area contributed by atoms with Crippen LogP contribution in [0.25, 0.3) is 0 Å². The Morgan fingerprint density at radius 3 is 2.20 bits per heavy atom. The average molecular weight is 432 g/mol. The third-order valence-corrected chi connectivity index (χ3v) is 7.15. The number of benzene rings is 2. The summed E-state index contributed by atoms with van der Waals surface area (Å²) in [5, 5.41) is 2.77. The smallest absolute Gasteiger partial charge is 0.265 e. The number of aryl methyl sites for hydroxylation is 1. The van der Waals surface area contributed by atoms with Crippen LogP contribution in [0.2, 0.25) is 0 Å². The number of piperazine rings is 1. The monoisotopic (exact) mass is 431 g/mol. The van der Waals surface area contributed by atoms with Gasteiger partial charge in [-0.1, -0.05) is 19.1 Å². The van der Waals surface area contributed by atoms with E-state index >= 15 is 0 Å². The fraction of sp³-hybridized carbons (Fsp3) is 0.409. The van der Waals surface area contributed by atoms with Crippen molar-refractivity contribution in [2.24, 2.45) is 0 Å². The van der Waals surface area contributed by atoms with Crippen LogP contribution in [0.4, 0.5) is 5.69 Å². The number of carbonyl (C=O) groups is 1. The second kappa shape index (κ2) is 9.59. The minimum atomic E-state index is -3.52. The number of likely N-dealkylation sites (N-methyl/N-ethyl adjacent to an activating group) is 1. The molecule has 0 saturated carbocycles. The zero-order valence-electron chi connectivity index (χ0n) is 17.7. The molecular weight excluding hydrogens is 402 g/mol. The van der Waals surface area contributed by atoms with E-state index in [1.807, 2.05) is 31.3 Å². The van der Waals surface area contributed by atoms with Crippen molar-refractivity contribution in [3.8, 4) is 5.75 Å². The Morgan fingerprint density at radius 1 is 1.03 bits per heavy atom. The molecule has 1 N–H and O–H groups in total. The third-order valence-electron chi connectivity index (χ3n) is 5.24. The number of amides is 1. The van der Waals surface area contributed by atoms with Crippen molar-refractivity contribution in [2.75, 3.05) is 38.5 Å². The summed E-state index contributed by atoms with van der Waals surface area (Å²) in [5.74, 6) is 0.327. The Hall–Kier alpha value is -2.42. The largest absolute Gasteiger partial charge is 0.481 e. The van der Waals surface area contributed by atoms with Gasteiger partial charge in [0.1, 0.15) is 5.75 Å². The molecule has 1 fully saturated rings. The lowest BCUT2D eigenvalue weighted by molar-refractivity contribution is -0.122. The number of rotatable bonds is 7. The van der Waals surface area contributed by atoms with Crippen LogP contribution in [0.15, 0.2) is 53.4 Å². The van der Waals surface area contributed by atoms with Crippen molar-refractivity contribution >= 4 is 21.6 Å². The number of nitrogens with zero attached hydrogens (tertiary/aromatic N) is 2. The maximum Gasteiger partial charge on any atom is 0.265 e. The minimum absolute atomic E-state index is 0.227. The van der Waals surface area contributed by atoms with Gasteiger partial charge < -0.3 is 15.0 Å². The number of carbonyl (C=O) groups excluding carboxylic acids is 1. The normalized spacial score (nSPS) is 16.8. The van der Waals surface area contributed by atoms with Gasteiger partial charge in [0.15, 0.2) is 6.10 Å². The minimum Gasteiger partial charge on any atom is -0.481 e. The Balaban J connectivity index is 1.59. The summed E-state index contributed by atoms with van der Waals surface area (Å²) in [4.78, 5) is 14.8. The van der Waals surface area contributed by atoms with E-state index in [1.54, 1.807) is 19.1 Å². The van der Waals surface area contributed by atoms with Gasteiger partial charge in [-0.2, -0.15) is 4.31 Å². The molecule has 1 aliphatic heterocycles. The molecule has 1 aliphatic rings. The second-order valence-corrected chi connectivity index (χ2v) is 9.42. The number of hydrogen-bond donors (Lipinski definition) is 1. The van der Waals surface area contributed by atoms with Crippen LogP contribution in [-0.4, -0.2) is 62.9 Å². The zero-order valence-corrected chi connectivity index (χ0v) is 18.5. The highest BCUT2D eigenvalue weighted by molar-refractivity contribution is 7.89. The number of anilines is 1. The van der Waals surface area contributed by atoms with Crippen molar-refractivity contribution in [1.82, 2.24) is 9.21 Å². The van der Waals surface area contributed by atoms with Gasteiger partial charge in [-0.15, -0.1) is 0 Å². The highest BCUT2D eigenvalue weighted by Crippen LogP contribution is 2.20. The van der Waals surface area contributed by atoms with E-state index in [0.29, 0.717) is 37.6 Å². The molecule has 1 heterocycles. The zero-order chi connectivity index (χ0) is 21.7. The van der Waals surface area contributed by atoms with E-state index in [4.69, 9.17) is 4.74 Å². The second-order valence-electron chi connectivity index (χ2n) is 7.48. The lowest BCUT2D eigenvalue weighted by Gasteiger charge is -2.31. The van der Waals surface area contributed by atoms with E-state index in [0.717, 1.165) is 6.42 Å². The first-order valence-electron chi connectivity index (χ1n) is 10.1. The van der Waals surface area contributed by atoms with E-state index in [9.17, 15) is 13.2 Å². The molecule has 30 heavy (non-hydrogen) atoms. The van der Waals surface area contributed by atoms with Crippen LogP contribution in [-0.2, 0) is 21.2 Å². The SMILES string of the molecule is CCc1ccc(OC(C)C(=O)Nc2ccc(S(=O)(=O)N3CCN(C)CC3)cc2)cc1. The number of nitrogens with one attached hydrogen (secondary N) is 1. The molecule has 0 bridgehead atoms. The van der Waals surface area contributed by atoms with Crippen molar-refractivity contribution in [2.45, 2.75) is 31.3 Å². The Labute approximate surface area is 178 Å². The molecule has 1 amide bonds. The molecule has 2 aromatic carbocycles. The molecule has 3 rings (SSSR count). The molecule has 0 radical (unpaired) electrons. The van der Waals surface area contributed by atoms with Crippen LogP contribution in [0, 0.1) is 0 Å². The van der Waals surface area contributed by atoms with Crippen molar-refractivity contribution in [3.05, 3.63) is 54.1 Å². The molecule has 8 heteroatoms. The summed E-state index contributed by atoms with van der Waals surface area (Å²) >= 11 is 0. The van der Waals surface area contributed by atoms with E-state index in [1.165, 1.54) is 22.0 Å². The van der Waals surface area contributed by atoms with Crippen LogP contribution < -0.4 is 10.1 Å². The maximum absolute atomic E-state index is 12.8. The number of sulfonamides is 1. The lowest BCUT2D eigenvalue weighted by atomic mass is 10.2. The van der Waals surface area contributed by atoms with Gasteiger partial charge in [-0.05, 0) is 62.4 Å². The molecule has 0 aliphatic carbocycles. The van der Waals surface area contributed by atoms with Gasteiger partial charge in [0.2, 0.25) is 10.0 Å². The van der Waals surface area contributed by atoms with Gasteiger partial charge in [0.25, 0.3) is 5.91 Å². The summed E-state index contributed by atoms with van der Waals surface area (Å²) in [6, 6.07) is 13.9. The first-order chi connectivity index (χ1) is 14.3. The highest BCUT2D eigenvalue weighted by atomic mass is 32.2. The summed E-state index contributed by atoms with van der Waals surface area (Å²) in [6.45, 7) is 6.14. The number of ether oxygens (including phenoxy) is 1. The van der Waals surface area contributed by atoms with E-state index in [-0.39, 0.29) is 10.8 Å². The standard InChI is InChI=1S/C22H29N3O4S/c1-4-18-5-9-20(10-6-18)29-17(2)22(26)23-19-7-11-21(12-8-19)30(27,28)25-15-13-24(3)14-16-25/h5-12,17H,4,13-16H2,1-3H3,(H,23,26).